The predicted molar refractivity (Wildman–Crippen MR) is 60.3 cm³/mol. The van der Waals surface area contributed by atoms with Gasteiger partial charge in [-0.25, -0.2) is 0 Å². The summed E-state index contributed by atoms with van der Waals surface area (Å²) in [6, 6.07) is 0. The summed E-state index contributed by atoms with van der Waals surface area (Å²) in [5.41, 5.74) is 0. The normalized spacial score (nSPS) is 15.5. The molecule has 1 aliphatic heterocycles. The zero-order valence-corrected chi connectivity index (χ0v) is 10.2. The lowest BCUT2D eigenvalue weighted by molar-refractivity contribution is -0.146. The molecule has 1 heterocycles. The van der Waals surface area contributed by atoms with Gasteiger partial charge < -0.3 is 10.1 Å². The molecular formula is C11H25NO2. The first kappa shape index (κ1) is 15.9. The number of hydrogen-bond acceptors (Lipinski definition) is 3. The second kappa shape index (κ2) is 12.4. The van der Waals surface area contributed by atoms with Crippen molar-refractivity contribution >= 4 is 5.97 Å². The second-order valence-corrected chi connectivity index (χ2v) is 2.55. The highest BCUT2D eigenvalue weighted by atomic mass is 16.5. The lowest BCUT2D eigenvalue weighted by Crippen LogP contribution is -2.32. The van der Waals surface area contributed by atoms with Crippen LogP contribution in [0.3, 0.4) is 0 Å². The summed E-state index contributed by atoms with van der Waals surface area (Å²) in [5, 5.41) is 3.19. The quantitative estimate of drug-likeness (QED) is 0.664. The van der Waals surface area contributed by atoms with E-state index in [4.69, 9.17) is 0 Å². The average Bonchev–Trinajstić information content (AvgIpc) is 2.34. The minimum Gasteiger partial charge on any atom is -0.469 e. The zero-order chi connectivity index (χ0) is 11.4. The molecule has 0 aromatic rings. The summed E-state index contributed by atoms with van der Waals surface area (Å²) in [7, 11) is 1.45. The Balaban J connectivity index is 0. The maximum atomic E-state index is 10.9. The van der Waals surface area contributed by atoms with Gasteiger partial charge in [-0.05, 0) is 25.9 Å². The van der Waals surface area contributed by atoms with Crippen molar-refractivity contribution in [2.75, 3.05) is 20.2 Å². The van der Waals surface area contributed by atoms with Gasteiger partial charge in [-0.15, -0.1) is 0 Å². The van der Waals surface area contributed by atoms with Gasteiger partial charge in [-0.2, -0.15) is 0 Å². The molecule has 0 radical (unpaired) electrons. The highest BCUT2D eigenvalue weighted by molar-refractivity contribution is 5.72. The fourth-order valence-corrected chi connectivity index (χ4v) is 1.22. The van der Waals surface area contributed by atoms with Crippen molar-refractivity contribution in [2.24, 2.45) is 5.92 Å². The lowest BCUT2D eigenvalue weighted by Gasteiger charge is -2.19. The smallest absolute Gasteiger partial charge is 0.308 e. The van der Waals surface area contributed by atoms with Crippen LogP contribution in [-0.4, -0.2) is 26.2 Å². The maximum absolute atomic E-state index is 10.9. The molecule has 0 amide bonds. The molecule has 86 valence electrons. The van der Waals surface area contributed by atoms with E-state index in [0.29, 0.717) is 0 Å². The Labute approximate surface area is 88.2 Å². The lowest BCUT2D eigenvalue weighted by atomic mass is 9.99. The van der Waals surface area contributed by atoms with Crippen LogP contribution in [0.2, 0.25) is 0 Å². The standard InChI is InChI=1S/C7H13NO2.2C2H6/c1-10-7(9)6-2-4-8-5-3-6;2*1-2/h6,8H,2-5H2,1H3;2*1-2H3. The molecule has 0 aromatic heterocycles. The topological polar surface area (TPSA) is 38.3 Å². The number of rotatable bonds is 1. The molecule has 0 saturated carbocycles. The van der Waals surface area contributed by atoms with Crippen molar-refractivity contribution in [3.8, 4) is 0 Å². The van der Waals surface area contributed by atoms with E-state index in [9.17, 15) is 4.79 Å². The van der Waals surface area contributed by atoms with Gasteiger partial charge >= 0.3 is 5.97 Å². The Bertz CT molecular complexity index is 120. The monoisotopic (exact) mass is 203 g/mol. The maximum Gasteiger partial charge on any atom is 0.308 e. The second-order valence-electron chi connectivity index (χ2n) is 2.55. The van der Waals surface area contributed by atoms with E-state index >= 15 is 0 Å². The third-order valence-corrected chi connectivity index (χ3v) is 1.87. The van der Waals surface area contributed by atoms with Crippen LogP contribution in [0, 0.1) is 5.92 Å². The first-order chi connectivity index (χ1) is 6.84. The summed E-state index contributed by atoms with van der Waals surface area (Å²) < 4.78 is 4.62. The van der Waals surface area contributed by atoms with Crippen molar-refractivity contribution < 1.29 is 9.53 Å². The van der Waals surface area contributed by atoms with Crippen LogP contribution < -0.4 is 5.32 Å². The van der Waals surface area contributed by atoms with Gasteiger partial charge in [0.05, 0.1) is 13.0 Å². The Morgan fingerprint density at radius 2 is 1.57 bits per heavy atom. The third-order valence-electron chi connectivity index (χ3n) is 1.87. The zero-order valence-electron chi connectivity index (χ0n) is 10.2. The molecule has 1 saturated heterocycles. The Morgan fingerprint density at radius 3 is 1.93 bits per heavy atom. The van der Waals surface area contributed by atoms with Crippen molar-refractivity contribution in [1.82, 2.24) is 5.32 Å². The van der Waals surface area contributed by atoms with Crippen molar-refractivity contribution in [3.63, 3.8) is 0 Å². The van der Waals surface area contributed by atoms with Gasteiger partial charge in [0.15, 0.2) is 0 Å². The molecule has 3 heteroatoms. The summed E-state index contributed by atoms with van der Waals surface area (Å²) in [5.74, 6) is 0.0905. The van der Waals surface area contributed by atoms with Crippen molar-refractivity contribution in [1.29, 1.82) is 0 Å². The number of nitrogens with one attached hydrogen (secondary N) is 1. The average molecular weight is 203 g/mol. The van der Waals surface area contributed by atoms with Gasteiger partial charge in [0.2, 0.25) is 0 Å². The van der Waals surface area contributed by atoms with Crippen molar-refractivity contribution in [3.05, 3.63) is 0 Å². The van der Waals surface area contributed by atoms with Crippen LogP contribution >= 0.6 is 0 Å². The molecule has 3 nitrogen and oxygen atoms in total. The molecular weight excluding hydrogens is 178 g/mol. The molecule has 0 spiro atoms. The fraction of sp³-hybridized carbons (Fsp3) is 0.909. The van der Waals surface area contributed by atoms with E-state index in [1.807, 2.05) is 27.7 Å². The number of piperidine rings is 1. The molecule has 0 aliphatic carbocycles. The number of ether oxygens (including phenoxy) is 1. The summed E-state index contributed by atoms with van der Waals surface area (Å²) in [6.07, 6.45) is 1.85. The first-order valence-corrected chi connectivity index (χ1v) is 5.63. The summed E-state index contributed by atoms with van der Waals surface area (Å²) >= 11 is 0. The molecule has 0 unspecified atom stereocenters. The largest absolute Gasteiger partial charge is 0.469 e. The van der Waals surface area contributed by atoms with Crippen molar-refractivity contribution in [2.45, 2.75) is 40.5 Å². The molecule has 1 fully saturated rings. The molecule has 0 atom stereocenters. The minimum atomic E-state index is -0.0542. The SMILES string of the molecule is CC.CC.COC(=O)C1CCNCC1. The van der Waals surface area contributed by atoms with Gasteiger partial charge in [-0.1, -0.05) is 27.7 Å². The number of esters is 1. The summed E-state index contributed by atoms with van der Waals surface area (Å²) in [6.45, 7) is 9.89. The molecule has 0 bridgehead atoms. The Hall–Kier alpha value is -0.570. The highest BCUT2D eigenvalue weighted by Crippen LogP contribution is 2.12. The predicted octanol–water partition coefficient (Wildman–Crippen LogP) is 2.21. The highest BCUT2D eigenvalue weighted by Gasteiger charge is 2.20. The Kier molecular flexibility index (Phi) is 14.1. The van der Waals surface area contributed by atoms with Gasteiger partial charge in [0.1, 0.15) is 0 Å². The molecule has 1 rings (SSSR count). The molecule has 14 heavy (non-hydrogen) atoms. The fourth-order valence-electron chi connectivity index (χ4n) is 1.22. The van der Waals surface area contributed by atoms with E-state index < -0.39 is 0 Å². The van der Waals surface area contributed by atoms with Gasteiger partial charge in [-0.3, -0.25) is 4.79 Å². The van der Waals surface area contributed by atoms with Gasteiger partial charge in [0, 0.05) is 0 Å². The minimum absolute atomic E-state index is 0.0542. The molecule has 0 aromatic carbocycles. The first-order valence-electron chi connectivity index (χ1n) is 5.63. The Morgan fingerprint density at radius 1 is 1.14 bits per heavy atom. The number of carbonyl (C=O) groups is 1. The van der Waals surface area contributed by atoms with Gasteiger partial charge in [0.25, 0.3) is 0 Å². The number of carbonyl (C=O) groups excluding carboxylic acids is 1. The van der Waals surface area contributed by atoms with E-state index in [1.54, 1.807) is 0 Å². The van der Waals surface area contributed by atoms with Crippen LogP contribution in [0.4, 0.5) is 0 Å². The van der Waals surface area contributed by atoms with Crippen LogP contribution in [0.15, 0.2) is 0 Å². The van der Waals surface area contributed by atoms with E-state index in [-0.39, 0.29) is 11.9 Å². The number of methoxy groups -OCH3 is 1. The summed E-state index contributed by atoms with van der Waals surface area (Å²) in [4.78, 5) is 10.9. The van der Waals surface area contributed by atoms with Crippen LogP contribution in [0.25, 0.3) is 0 Å². The van der Waals surface area contributed by atoms with Crippen LogP contribution in [0.1, 0.15) is 40.5 Å². The molecule has 1 aliphatic rings. The van der Waals surface area contributed by atoms with Crippen LogP contribution in [0.5, 0.6) is 0 Å². The van der Waals surface area contributed by atoms with Crippen LogP contribution in [-0.2, 0) is 9.53 Å². The molecule has 1 N–H and O–H groups in total. The van der Waals surface area contributed by atoms with E-state index in [0.717, 1.165) is 25.9 Å². The van der Waals surface area contributed by atoms with E-state index in [1.165, 1.54) is 7.11 Å². The number of hydrogen-bond donors (Lipinski definition) is 1. The third kappa shape index (κ3) is 6.89. The van der Waals surface area contributed by atoms with E-state index in [2.05, 4.69) is 10.1 Å².